The van der Waals surface area contributed by atoms with E-state index in [0.29, 0.717) is 18.5 Å². The van der Waals surface area contributed by atoms with Gasteiger partial charge in [-0.3, -0.25) is 19.9 Å². The van der Waals surface area contributed by atoms with Crippen molar-refractivity contribution in [3.8, 4) is 11.5 Å². The molecule has 0 aliphatic heterocycles. The molecule has 1 fully saturated rings. The highest BCUT2D eigenvalue weighted by atomic mass is 16.5. The number of anilines is 1. The first-order valence-electron chi connectivity index (χ1n) is 15.7. The third-order valence-corrected chi connectivity index (χ3v) is 8.91. The van der Waals surface area contributed by atoms with Gasteiger partial charge in [-0.2, -0.15) is 4.98 Å². The summed E-state index contributed by atoms with van der Waals surface area (Å²) in [5.74, 6) is 0.734. The Labute approximate surface area is 272 Å². The lowest BCUT2D eigenvalue weighted by atomic mass is 9.80. The molecule has 1 aliphatic carbocycles. The average molecular weight is 638 g/mol. The predicted octanol–water partition coefficient (Wildman–Crippen LogP) is 5.05. The smallest absolute Gasteiger partial charge is 0.280 e. The van der Waals surface area contributed by atoms with Gasteiger partial charge in [-0.15, -0.1) is 0 Å². The van der Waals surface area contributed by atoms with Crippen LogP contribution < -0.4 is 20.3 Å². The number of aromatic nitrogens is 4. The van der Waals surface area contributed by atoms with Crippen molar-refractivity contribution in [2.45, 2.75) is 44.4 Å². The number of carbonyl (C=O) groups is 1. The number of aliphatic hydroxyl groups is 1. The number of amides is 1. The summed E-state index contributed by atoms with van der Waals surface area (Å²) < 4.78 is 19.8. The highest BCUT2D eigenvalue weighted by Crippen LogP contribution is 2.44. The third kappa shape index (κ3) is 6.24. The summed E-state index contributed by atoms with van der Waals surface area (Å²) in [7, 11) is 3.27. The predicted molar refractivity (Wildman–Crippen MR) is 178 cm³/mol. The van der Waals surface area contributed by atoms with Gasteiger partial charge in [0.2, 0.25) is 11.9 Å². The highest BCUT2D eigenvalue weighted by Gasteiger charge is 2.41. The number of fused-ring (bicyclic) bond motifs is 1. The molecule has 2 heterocycles. The standard InChI is InChI=1S/C36H39N5O6/c1-22(2)33(43)39-35-38-32-31(34(44)40-35)37-21-41(32)27-18-23(30(42)19-27)20-47-36(24-8-6-5-7-9-24,25-10-14-28(45-3)15-11-25)26-12-16-29(46-4)17-13-26/h5-17,21-23,27,30,42H,18-20H2,1-4H3,(H2,38,39,40,43,44)/t23-,27-,30+/m1/s1. The largest absolute Gasteiger partial charge is 0.497 e. The van der Waals surface area contributed by atoms with Gasteiger partial charge in [-0.05, 0) is 53.8 Å². The molecule has 5 aromatic rings. The van der Waals surface area contributed by atoms with Crippen molar-refractivity contribution in [3.63, 3.8) is 0 Å². The first-order valence-corrected chi connectivity index (χ1v) is 15.7. The zero-order chi connectivity index (χ0) is 33.1. The maximum Gasteiger partial charge on any atom is 0.280 e. The number of hydrogen-bond donors (Lipinski definition) is 3. The monoisotopic (exact) mass is 637 g/mol. The molecule has 3 aromatic carbocycles. The number of hydrogen-bond acceptors (Lipinski definition) is 8. The number of ether oxygens (including phenoxy) is 3. The van der Waals surface area contributed by atoms with Crippen molar-refractivity contribution < 1.29 is 24.1 Å². The Balaban J connectivity index is 1.33. The molecule has 11 nitrogen and oxygen atoms in total. The van der Waals surface area contributed by atoms with Gasteiger partial charge in [0.15, 0.2) is 11.2 Å². The van der Waals surface area contributed by atoms with Crippen molar-refractivity contribution in [1.29, 1.82) is 0 Å². The lowest BCUT2D eigenvalue weighted by molar-refractivity contribution is -0.118. The van der Waals surface area contributed by atoms with Crippen LogP contribution in [0.2, 0.25) is 0 Å². The summed E-state index contributed by atoms with van der Waals surface area (Å²) in [4.78, 5) is 36.5. The van der Waals surface area contributed by atoms with Crippen LogP contribution in [0, 0.1) is 11.8 Å². The molecular formula is C36H39N5O6. The molecule has 3 atom stereocenters. The fourth-order valence-corrected chi connectivity index (χ4v) is 6.30. The molecule has 47 heavy (non-hydrogen) atoms. The van der Waals surface area contributed by atoms with E-state index in [2.05, 4.69) is 20.3 Å². The molecule has 1 saturated carbocycles. The van der Waals surface area contributed by atoms with E-state index in [1.54, 1.807) is 34.4 Å². The molecular weight excluding hydrogens is 598 g/mol. The maximum atomic E-state index is 12.8. The summed E-state index contributed by atoms with van der Waals surface area (Å²) >= 11 is 0. The quantitative estimate of drug-likeness (QED) is 0.171. The van der Waals surface area contributed by atoms with Gasteiger partial charge in [-0.1, -0.05) is 68.4 Å². The zero-order valence-electron chi connectivity index (χ0n) is 26.8. The Morgan fingerprint density at radius 1 is 0.957 bits per heavy atom. The second-order valence-electron chi connectivity index (χ2n) is 12.2. The Morgan fingerprint density at radius 2 is 1.55 bits per heavy atom. The Bertz CT molecular complexity index is 1840. The average Bonchev–Trinajstić information content (AvgIpc) is 3.69. The lowest BCUT2D eigenvalue weighted by Crippen LogP contribution is -2.35. The first-order chi connectivity index (χ1) is 22.7. The number of rotatable bonds is 11. The molecule has 0 saturated heterocycles. The minimum atomic E-state index is -1.02. The number of carbonyl (C=O) groups excluding carboxylic acids is 1. The molecule has 0 bridgehead atoms. The van der Waals surface area contributed by atoms with Gasteiger partial charge in [0, 0.05) is 17.9 Å². The van der Waals surface area contributed by atoms with E-state index >= 15 is 0 Å². The second kappa shape index (κ2) is 13.4. The van der Waals surface area contributed by atoms with E-state index in [-0.39, 0.29) is 41.9 Å². The van der Waals surface area contributed by atoms with Crippen molar-refractivity contribution in [1.82, 2.24) is 19.5 Å². The minimum Gasteiger partial charge on any atom is -0.497 e. The van der Waals surface area contributed by atoms with Gasteiger partial charge in [0.25, 0.3) is 5.56 Å². The Morgan fingerprint density at radius 3 is 2.13 bits per heavy atom. The molecule has 11 heteroatoms. The van der Waals surface area contributed by atoms with Crippen molar-refractivity contribution in [3.05, 3.63) is 112 Å². The SMILES string of the molecule is COc1ccc(C(OC[C@H]2C[C@@H](n3cnc4c(=O)[nH]c(NC(=O)C(C)C)nc43)C[C@@H]2O)(c2ccccc2)c2ccc(OC)cc2)cc1. The molecule has 1 amide bonds. The molecule has 0 radical (unpaired) electrons. The van der Waals surface area contributed by atoms with E-state index in [9.17, 15) is 14.7 Å². The summed E-state index contributed by atoms with van der Waals surface area (Å²) in [6.45, 7) is 3.75. The highest BCUT2D eigenvalue weighted by molar-refractivity contribution is 5.91. The van der Waals surface area contributed by atoms with Crippen LogP contribution in [0.5, 0.6) is 11.5 Å². The maximum absolute atomic E-state index is 12.8. The number of imidazole rings is 1. The van der Waals surface area contributed by atoms with E-state index in [4.69, 9.17) is 14.2 Å². The normalized spacial score (nSPS) is 18.0. The Hall–Kier alpha value is -5.00. The molecule has 0 spiro atoms. The van der Waals surface area contributed by atoms with E-state index < -0.39 is 17.3 Å². The Kier molecular flexibility index (Phi) is 9.10. The number of aliphatic hydroxyl groups excluding tert-OH is 1. The van der Waals surface area contributed by atoms with Gasteiger partial charge >= 0.3 is 0 Å². The van der Waals surface area contributed by atoms with Crippen molar-refractivity contribution >= 4 is 23.0 Å². The van der Waals surface area contributed by atoms with Crippen LogP contribution in [0.15, 0.2) is 90.0 Å². The molecule has 6 rings (SSSR count). The number of nitrogens with zero attached hydrogens (tertiary/aromatic N) is 3. The number of methoxy groups -OCH3 is 2. The van der Waals surface area contributed by atoms with Crippen LogP contribution >= 0.6 is 0 Å². The molecule has 2 aromatic heterocycles. The van der Waals surface area contributed by atoms with Gasteiger partial charge in [-0.25, -0.2) is 4.98 Å². The van der Waals surface area contributed by atoms with Crippen LogP contribution in [-0.4, -0.2) is 57.5 Å². The summed E-state index contributed by atoms with van der Waals surface area (Å²) in [6, 6.07) is 25.5. The number of benzene rings is 3. The van der Waals surface area contributed by atoms with Gasteiger partial charge < -0.3 is 23.9 Å². The van der Waals surface area contributed by atoms with Crippen molar-refractivity contribution in [2.24, 2.45) is 11.8 Å². The van der Waals surface area contributed by atoms with Gasteiger partial charge in [0.1, 0.15) is 17.1 Å². The molecule has 1 aliphatic rings. The van der Waals surface area contributed by atoms with E-state index in [1.165, 1.54) is 0 Å². The summed E-state index contributed by atoms with van der Waals surface area (Å²) in [5.41, 5.74) is 1.79. The van der Waals surface area contributed by atoms with Crippen LogP contribution in [0.4, 0.5) is 5.95 Å². The van der Waals surface area contributed by atoms with Crippen LogP contribution in [0.1, 0.15) is 49.4 Å². The second-order valence-corrected chi connectivity index (χ2v) is 12.2. The van der Waals surface area contributed by atoms with Crippen LogP contribution in [-0.2, 0) is 15.1 Å². The van der Waals surface area contributed by atoms with E-state index in [1.807, 2.05) is 83.4 Å². The summed E-state index contributed by atoms with van der Waals surface area (Å²) in [5, 5.41) is 14.0. The lowest BCUT2D eigenvalue weighted by Gasteiger charge is -2.37. The third-order valence-electron chi connectivity index (χ3n) is 8.91. The van der Waals surface area contributed by atoms with Crippen LogP contribution in [0.3, 0.4) is 0 Å². The fraction of sp³-hybridized carbons (Fsp3) is 0.333. The van der Waals surface area contributed by atoms with Crippen molar-refractivity contribution in [2.75, 3.05) is 26.1 Å². The van der Waals surface area contributed by atoms with Crippen LogP contribution in [0.25, 0.3) is 11.2 Å². The first kappa shape index (κ1) is 32.0. The fourth-order valence-electron chi connectivity index (χ4n) is 6.30. The summed E-state index contributed by atoms with van der Waals surface area (Å²) in [6.07, 6.45) is 1.88. The minimum absolute atomic E-state index is 0.0630. The topological polar surface area (TPSA) is 141 Å². The molecule has 0 unspecified atom stereocenters. The number of aromatic amines is 1. The van der Waals surface area contributed by atoms with E-state index in [0.717, 1.165) is 28.2 Å². The zero-order valence-corrected chi connectivity index (χ0v) is 26.8. The number of nitrogens with one attached hydrogen (secondary N) is 2. The number of H-pyrrole nitrogens is 1. The molecule has 244 valence electrons. The van der Waals surface area contributed by atoms with Gasteiger partial charge in [0.05, 0.1) is 33.3 Å². The molecule has 3 N–H and O–H groups in total.